The van der Waals surface area contributed by atoms with Crippen LogP contribution in [0.1, 0.15) is 161 Å². The molecule has 1 N–H and O–H groups in total. The molecule has 0 unspecified atom stereocenters. The van der Waals surface area contributed by atoms with Gasteiger partial charge >= 0.3 is 12.4 Å². The van der Waals surface area contributed by atoms with Crippen molar-refractivity contribution in [3.63, 3.8) is 0 Å². The average molecular weight is 1790 g/mol. The molecule has 0 saturated heterocycles. The monoisotopic (exact) mass is 1780 g/mol. The molecule has 14 nitrogen and oxygen atoms in total. The van der Waals surface area contributed by atoms with E-state index in [-0.39, 0.29) is 36.8 Å². The van der Waals surface area contributed by atoms with Crippen LogP contribution in [0.4, 0.5) is 37.7 Å². The predicted molar refractivity (Wildman–Crippen MR) is 387 cm³/mol. The minimum absolute atomic E-state index is 0.0347. The fourth-order valence-corrected chi connectivity index (χ4v) is 10.0. The summed E-state index contributed by atoms with van der Waals surface area (Å²) in [5, 5.41) is 10.4. The van der Waals surface area contributed by atoms with Crippen LogP contribution in [0.3, 0.4) is 0 Å². The fraction of sp³-hybridized carbons (Fsp3) is 0.290. The first-order valence-corrected chi connectivity index (χ1v) is 33.9. The Morgan fingerprint density at radius 3 is 1.17 bits per heavy atom. The number of aldehydes is 7. The van der Waals surface area contributed by atoms with Crippen molar-refractivity contribution >= 4 is 167 Å². The van der Waals surface area contributed by atoms with Gasteiger partial charge in [0.05, 0.1) is 16.7 Å². The molecule has 0 fully saturated rings. The highest BCUT2D eigenvalue weighted by molar-refractivity contribution is 9.39. The number of hydrogen-bond acceptors (Lipinski definition) is 14. The van der Waals surface area contributed by atoms with E-state index in [1.54, 1.807) is 54.6 Å². The minimum Gasteiger partial charge on any atom is -0.507 e. The second kappa shape index (κ2) is 37.7. The van der Waals surface area contributed by atoms with Gasteiger partial charge in [-0.05, 0) is 173 Å². The zero-order valence-corrected chi connectivity index (χ0v) is 64.3. The summed E-state index contributed by atoms with van der Waals surface area (Å²) in [6, 6.07) is 33.5. The number of phenolic OH excluding ortho intramolecular Hbond substituents is 1. The molecule has 9 rings (SSSR count). The van der Waals surface area contributed by atoms with Gasteiger partial charge in [-0.2, -0.15) is 26.3 Å². The number of anilines is 2. The van der Waals surface area contributed by atoms with Gasteiger partial charge in [-0.15, -0.1) is 0 Å². The van der Waals surface area contributed by atoms with E-state index in [0.717, 1.165) is 94.3 Å². The Kier molecular flexibility index (Phi) is 32.9. The van der Waals surface area contributed by atoms with Gasteiger partial charge < -0.3 is 33.9 Å². The van der Waals surface area contributed by atoms with Crippen molar-refractivity contribution in [1.29, 1.82) is 0 Å². The van der Waals surface area contributed by atoms with Crippen molar-refractivity contribution in [2.45, 2.75) is 82.9 Å². The number of alkyl halides is 12. The van der Waals surface area contributed by atoms with Crippen molar-refractivity contribution in [2.24, 2.45) is 0 Å². The number of nitrogens with zero attached hydrogens (tertiary/aromatic N) is 2. The van der Waals surface area contributed by atoms with Gasteiger partial charge in [0, 0.05) is 87.5 Å². The Morgan fingerprint density at radius 2 is 0.802 bits per heavy atom. The maximum atomic E-state index is 12.2. The summed E-state index contributed by atoms with van der Waals surface area (Å²) < 4.78 is 93.1. The van der Waals surface area contributed by atoms with E-state index in [2.05, 4.69) is 130 Å². The molecule has 0 amide bonds. The average Bonchev–Trinajstić information content (AvgIpc) is 1.08. The van der Waals surface area contributed by atoms with Crippen LogP contribution in [0, 0.1) is 0 Å². The lowest BCUT2D eigenvalue weighted by Gasteiger charge is -2.27. The first kappa shape index (κ1) is 84.0. The number of hydrogen-bond donors (Lipinski definition) is 1. The molecule has 516 valence electrons. The maximum Gasteiger partial charge on any atom is 0.416 e. The van der Waals surface area contributed by atoms with Crippen LogP contribution in [-0.2, 0) is 27.5 Å². The quantitative estimate of drug-likeness (QED) is 0.0733. The number of rotatable bonds is 11. The Morgan fingerprint density at radius 1 is 0.438 bits per heavy atom. The third kappa shape index (κ3) is 26.5. The molecule has 0 bridgehead atoms. The lowest BCUT2D eigenvalue weighted by Crippen LogP contribution is -2.21. The lowest BCUT2D eigenvalue weighted by molar-refractivity contribution is -0.143. The fourth-order valence-electron chi connectivity index (χ4n) is 8.23. The van der Waals surface area contributed by atoms with Crippen LogP contribution in [0.15, 0.2) is 132 Å². The van der Waals surface area contributed by atoms with E-state index in [4.69, 9.17) is 18.9 Å². The Labute approximate surface area is 612 Å². The molecule has 7 aromatic carbocycles. The van der Waals surface area contributed by atoms with E-state index in [1.807, 2.05) is 115 Å². The van der Waals surface area contributed by atoms with E-state index in [1.165, 1.54) is 5.69 Å². The van der Waals surface area contributed by atoms with Gasteiger partial charge in [0.2, 0.25) is 13.6 Å². The SMILES string of the molecule is CC(C)(C)c1cc(C=O)cc(C(C)(C)C)c1O.CCN(CC)c1ccc(C=O)cc1.CN(C)c1ccc(C=O)cc1.O=Cc1cc(C(Br)(Br)Br)cc(C(Br)(Br)Br)c1.O=Cc1cc(C(F)(F)F)cc(C(F)(F)F)c1.O=Cc1cc2c(cc1Br)OCO2.O=Cc1cccc2c1OCO2. The number of para-hydroxylation sites is 1. The molecule has 0 aliphatic carbocycles. The molecule has 0 atom stereocenters. The van der Waals surface area contributed by atoms with Crippen LogP contribution in [0.5, 0.6) is 28.7 Å². The third-order valence-electron chi connectivity index (χ3n) is 13.3. The molecular formula is C69H67Br7F6N2O12. The molecule has 0 aromatic heterocycles. The molecule has 2 aliphatic heterocycles. The van der Waals surface area contributed by atoms with Gasteiger partial charge in [0.1, 0.15) is 37.2 Å². The summed E-state index contributed by atoms with van der Waals surface area (Å²) in [7, 11) is 3.94. The van der Waals surface area contributed by atoms with Gasteiger partial charge in [-0.25, -0.2) is 0 Å². The number of carbonyl (C=O) groups excluding carboxylic acids is 7. The van der Waals surface area contributed by atoms with E-state index in [9.17, 15) is 65.0 Å². The van der Waals surface area contributed by atoms with Crippen LogP contribution in [-0.4, -0.2) is 89.9 Å². The van der Waals surface area contributed by atoms with Crippen LogP contribution in [0.2, 0.25) is 0 Å². The standard InChI is InChI=1S/C15H22O2.C11H15NO.C9H4Br6O.C9H4F6O.C9H11NO.C8H5BrO3.C8H6O3/c1-14(2,3)11-7-10(9-16)8-12(13(11)17)15(4,5)6;1-3-12(4-2)11-7-5-10(9-13)6-8-11;2*10-8(11,12)6-1-5(4-16)2-7(3-6)9(13,14)15;1-10(2)9-5-3-8(7-11)4-6-9;9-6-2-8-7(11-4-12-8)1-5(6)3-10;9-4-6-2-1-3-7-8(6)11-5-10-7/h7-9,17H,1-6H3;5-9H,3-4H2,1-2H3;2*1-4H;3-7H,1-2H3;1-3H,4H2;1-4H,5H2. The van der Waals surface area contributed by atoms with E-state index in [0.29, 0.717) is 63.1 Å². The highest BCUT2D eigenvalue weighted by atomic mass is 80.0. The molecular weight excluding hydrogens is 1720 g/mol. The molecule has 0 spiro atoms. The first-order valence-electron chi connectivity index (χ1n) is 28.4. The normalized spacial score (nSPS) is 11.9. The van der Waals surface area contributed by atoms with Gasteiger partial charge in [-0.3, -0.25) is 33.6 Å². The Hall–Kier alpha value is -6.23. The Balaban J connectivity index is 0.000000293. The second-order valence-electron chi connectivity index (χ2n) is 22.5. The predicted octanol–water partition coefficient (Wildman–Crippen LogP) is 20.6. The number of fused-ring (bicyclic) bond motifs is 2. The number of halogens is 13. The number of carbonyl (C=O) groups is 7. The summed E-state index contributed by atoms with van der Waals surface area (Å²) >= 11 is 23.8. The van der Waals surface area contributed by atoms with Gasteiger partial charge in [0.25, 0.3) is 0 Å². The third-order valence-corrected chi connectivity index (χ3v) is 16.7. The summed E-state index contributed by atoms with van der Waals surface area (Å²) in [6.45, 7) is 18.9. The molecule has 2 aliphatic rings. The summed E-state index contributed by atoms with van der Waals surface area (Å²) in [5.41, 5.74) is 5.47. The number of benzene rings is 7. The van der Waals surface area contributed by atoms with Crippen molar-refractivity contribution in [3.8, 4) is 28.7 Å². The van der Waals surface area contributed by atoms with Gasteiger partial charge in [0.15, 0.2) is 39.9 Å². The molecule has 96 heavy (non-hydrogen) atoms. The zero-order valence-electron chi connectivity index (χ0n) is 53.2. The number of phenols is 1. The van der Waals surface area contributed by atoms with Crippen molar-refractivity contribution in [2.75, 3.05) is 50.6 Å². The number of aromatic hydroxyl groups is 1. The smallest absolute Gasteiger partial charge is 0.416 e. The molecule has 0 radical (unpaired) electrons. The van der Waals surface area contributed by atoms with Crippen molar-refractivity contribution in [1.82, 2.24) is 0 Å². The summed E-state index contributed by atoms with van der Waals surface area (Å²) in [4.78, 5) is 78.0. The highest BCUT2D eigenvalue weighted by Gasteiger charge is 2.37. The van der Waals surface area contributed by atoms with Crippen LogP contribution >= 0.6 is 112 Å². The zero-order chi connectivity index (χ0) is 72.7. The van der Waals surface area contributed by atoms with E-state index < -0.39 is 33.3 Å². The maximum absolute atomic E-state index is 12.2. The molecule has 7 aromatic rings. The number of ether oxygens (including phenoxy) is 4. The largest absolute Gasteiger partial charge is 0.507 e. The summed E-state index contributed by atoms with van der Waals surface area (Å²) in [6.07, 6.45) is -5.01. The van der Waals surface area contributed by atoms with Crippen LogP contribution < -0.4 is 28.7 Å². The highest BCUT2D eigenvalue weighted by Crippen LogP contribution is 2.50. The van der Waals surface area contributed by atoms with E-state index >= 15 is 0 Å². The molecule has 2 heterocycles. The minimum atomic E-state index is -4.92. The van der Waals surface area contributed by atoms with Crippen molar-refractivity contribution < 1.29 is 84.0 Å². The Bertz CT molecular complexity index is 3590. The lowest BCUT2D eigenvalue weighted by atomic mass is 9.78. The molecule has 27 heteroatoms. The van der Waals surface area contributed by atoms with Gasteiger partial charge in [-0.1, -0.05) is 143 Å². The molecule has 0 saturated carbocycles. The first-order chi connectivity index (χ1) is 44.6. The summed E-state index contributed by atoms with van der Waals surface area (Å²) in [5.74, 6) is 2.82. The second-order valence-corrected chi connectivity index (χ2v) is 36.9. The van der Waals surface area contributed by atoms with Crippen molar-refractivity contribution in [3.05, 3.63) is 204 Å². The topological polar surface area (TPSA) is 183 Å². The van der Waals surface area contributed by atoms with Crippen LogP contribution in [0.25, 0.3) is 0 Å².